The molecule has 0 radical (unpaired) electrons. The highest BCUT2D eigenvalue weighted by molar-refractivity contribution is 14.0. The summed E-state index contributed by atoms with van der Waals surface area (Å²) in [6.07, 6.45) is 0. The molecular formula is C17H29IN4O3. The Hall–Kier alpha value is -1.26. The minimum Gasteiger partial charge on any atom is -0.493 e. The Morgan fingerprint density at radius 3 is 2.48 bits per heavy atom. The second kappa shape index (κ2) is 10.0. The lowest BCUT2D eigenvalue weighted by Crippen LogP contribution is -2.51. The molecule has 1 aliphatic heterocycles. The van der Waals surface area contributed by atoms with Gasteiger partial charge in [-0.1, -0.05) is 0 Å². The molecule has 1 saturated heterocycles. The van der Waals surface area contributed by atoms with Gasteiger partial charge in [0.2, 0.25) is 0 Å². The first-order chi connectivity index (χ1) is 11.5. The quantitative estimate of drug-likeness (QED) is 0.382. The number of hydrogen-bond acceptors (Lipinski definition) is 5. The fraction of sp³-hybridized carbons (Fsp3) is 0.588. The van der Waals surface area contributed by atoms with Crippen molar-refractivity contribution in [2.75, 3.05) is 52.4 Å². The first kappa shape index (κ1) is 21.8. The second-order valence-electron chi connectivity index (χ2n) is 6.31. The highest BCUT2D eigenvalue weighted by Crippen LogP contribution is 2.29. The summed E-state index contributed by atoms with van der Waals surface area (Å²) in [5, 5.41) is 3.09. The second-order valence-corrected chi connectivity index (χ2v) is 6.31. The van der Waals surface area contributed by atoms with E-state index in [1.54, 1.807) is 14.2 Å². The van der Waals surface area contributed by atoms with Gasteiger partial charge in [-0.3, -0.25) is 9.89 Å². The number of halogens is 1. The predicted molar refractivity (Wildman–Crippen MR) is 112 cm³/mol. The highest BCUT2D eigenvalue weighted by Gasteiger charge is 2.27. The summed E-state index contributed by atoms with van der Waals surface area (Å²) in [5.74, 6) is 1.69. The van der Waals surface area contributed by atoms with Gasteiger partial charge in [0.05, 0.1) is 34.0 Å². The van der Waals surface area contributed by atoms with Crippen LogP contribution in [-0.2, 0) is 4.74 Å². The van der Waals surface area contributed by atoms with E-state index in [2.05, 4.69) is 29.1 Å². The summed E-state index contributed by atoms with van der Waals surface area (Å²) in [6, 6.07) is 5.53. The molecule has 1 aromatic rings. The van der Waals surface area contributed by atoms with Crippen LogP contribution in [0, 0.1) is 0 Å². The topological polar surface area (TPSA) is 81.3 Å². The van der Waals surface area contributed by atoms with Crippen molar-refractivity contribution in [3.05, 3.63) is 18.2 Å². The van der Waals surface area contributed by atoms with Gasteiger partial charge in [0.1, 0.15) is 0 Å². The third kappa shape index (κ3) is 6.19. The number of guanidine groups is 1. The zero-order valence-electron chi connectivity index (χ0n) is 15.4. The normalized spacial score (nSPS) is 16.1. The van der Waals surface area contributed by atoms with Crippen molar-refractivity contribution in [3.63, 3.8) is 0 Å². The monoisotopic (exact) mass is 464 g/mol. The van der Waals surface area contributed by atoms with Crippen molar-refractivity contribution in [3.8, 4) is 11.5 Å². The van der Waals surface area contributed by atoms with Crippen LogP contribution in [0.1, 0.15) is 13.8 Å². The van der Waals surface area contributed by atoms with Crippen LogP contribution >= 0.6 is 24.0 Å². The van der Waals surface area contributed by atoms with E-state index in [1.807, 2.05) is 18.2 Å². The number of nitrogens with one attached hydrogen (secondary N) is 1. The van der Waals surface area contributed by atoms with Gasteiger partial charge in [-0.05, 0) is 26.0 Å². The van der Waals surface area contributed by atoms with E-state index in [4.69, 9.17) is 19.9 Å². The number of nitrogens with zero attached hydrogens (tertiary/aromatic N) is 2. The Balaban J connectivity index is 0.00000312. The summed E-state index contributed by atoms with van der Waals surface area (Å²) in [6.45, 7) is 8.34. The van der Waals surface area contributed by atoms with Crippen molar-refractivity contribution in [2.24, 2.45) is 10.7 Å². The molecule has 7 nitrogen and oxygen atoms in total. The molecule has 1 aromatic carbocycles. The lowest BCUT2D eigenvalue weighted by molar-refractivity contribution is -0.00680. The average Bonchev–Trinajstić information content (AvgIpc) is 2.60. The largest absolute Gasteiger partial charge is 0.493 e. The number of hydrogen-bond donors (Lipinski definition) is 2. The maximum atomic E-state index is 6.03. The van der Waals surface area contributed by atoms with Crippen LogP contribution in [0.25, 0.3) is 0 Å². The summed E-state index contributed by atoms with van der Waals surface area (Å²) >= 11 is 0. The molecular weight excluding hydrogens is 435 g/mol. The van der Waals surface area contributed by atoms with E-state index in [9.17, 15) is 0 Å². The van der Waals surface area contributed by atoms with Crippen LogP contribution in [0.4, 0.5) is 5.69 Å². The summed E-state index contributed by atoms with van der Waals surface area (Å²) in [5.41, 5.74) is 6.77. The van der Waals surface area contributed by atoms with Crippen molar-refractivity contribution in [2.45, 2.75) is 19.4 Å². The van der Waals surface area contributed by atoms with Gasteiger partial charge in [-0.25, -0.2) is 0 Å². The van der Waals surface area contributed by atoms with E-state index in [-0.39, 0.29) is 29.5 Å². The van der Waals surface area contributed by atoms with E-state index in [0.717, 1.165) is 32.0 Å². The molecule has 0 aliphatic carbocycles. The van der Waals surface area contributed by atoms with Crippen molar-refractivity contribution >= 4 is 35.6 Å². The van der Waals surface area contributed by atoms with E-state index >= 15 is 0 Å². The molecule has 1 fully saturated rings. The summed E-state index contributed by atoms with van der Waals surface area (Å²) in [4.78, 5) is 6.87. The van der Waals surface area contributed by atoms with Crippen LogP contribution in [-0.4, -0.2) is 63.5 Å². The Labute approximate surface area is 166 Å². The summed E-state index contributed by atoms with van der Waals surface area (Å²) in [7, 11) is 3.21. The zero-order chi connectivity index (χ0) is 17.6. The molecule has 0 aromatic heterocycles. The lowest BCUT2D eigenvalue weighted by Gasteiger charge is -2.39. The maximum Gasteiger partial charge on any atom is 0.193 e. The van der Waals surface area contributed by atoms with Crippen LogP contribution in [0.15, 0.2) is 23.2 Å². The fourth-order valence-corrected chi connectivity index (χ4v) is 2.65. The SMILES string of the molecule is COc1ccc(NC(N)=NCC(C)(C)N2CCOCC2)cc1OC.I. The maximum absolute atomic E-state index is 6.03. The first-order valence-electron chi connectivity index (χ1n) is 8.08. The Morgan fingerprint density at radius 1 is 1.24 bits per heavy atom. The van der Waals surface area contributed by atoms with Crippen LogP contribution in [0.5, 0.6) is 11.5 Å². The Kier molecular flexibility index (Phi) is 8.74. The number of rotatable bonds is 6. The third-order valence-electron chi connectivity index (χ3n) is 4.16. The molecule has 0 spiro atoms. The molecule has 8 heteroatoms. The third-order valence-corrected chi connectivity index (χ3v) is 4.16. The van der Waals surface area contributed by atoms with Gasteiger partial charge in [-0.15, -0.1) is 24.0 Å². The molecule has 1 heterocycles. The number of morpholine rings is 1. The van der Waals surface area contributed by atoms with Crippen LogP contribution < -0.4 is 20.5 Å². The molecule has 1 aliphatic rings. The average molecular weight is 464 g/mol. The number of methoxy groups -OCH3 is 2. The number of ether oxygens (including phenoxy) is 3. The molecule has 25 heavy (non-hydrogen) atoms. The van der Waals surface area contributed by atoms with E-state index < -0.39 is 0 Å². The van der Waals surface area contributed by atoms with Crippen molar-refractivity contribution in [1.29, 1.82) is 0 Å². The molecule has 2 rings (SSSR count). The first-order valence-corrected chi connectivity index (χ1v) is 8.08. The van der Waals surface area contributed by atoms with Gasteiger partial charge in [-0.2, -0.15) is 0 Å². The van der Waals surface area contributed by atoms with Gasteiger partial charge >= 0.3 is 0 Å². The van der Waals surface area contributed by atoms with Gasteiger partial charge in [0, 0.05) is 30.4 Å². The minimum absolute atomic E-state index is 0. The van der Waals surface area contributed by atoms with Crippen LogP contribution in [0.3, 0.4) is 0 Å². The molecule has 0 atom stereocenters. The molecule has 0 saturated carbocycles. The lowest BCUT2D eigenvalue weighted by atomic mass is 10.0. The highest BCUT2D eigenvalue weighted by atomic mass is 127. The number of nitrogens with two attached hydrogens (primary N) is 1. The molecule has 0 amide bonds. The predicted octanol–water partition coefficient (Wildman–Crippen LogP) is 2.16. The fourth-order valence-electron chi connectivity index (χ4n) is 2.65. The smallest absolute Gasteiger partial charge is 0.193 e. The summed E-state index contributed by atoms with van der Waals surface area (Å²) < 4.78 is 15.9. The Morgan fingerprint density at radius 2 is 1.88 bits per heavy atom. The van der Waals surface area contributed by atoms with Crippen LogP contribution in [0.2, 0.25) is 0 Å². The molecule has 0 bridgehead atoms. The molecule has 142 valence electrons. The number of benzene rings is 1. The number of aliphatic imine (C=N–C) groups is 1. The molecule has 3 N–H and O–H groups in total. The molecule has 0 unspecified atom stereocenters. The Bertz CT molecular complexity index is 575. The van der Waals surface area contributed by atoms with Gasteiger partial charge in [0.25, 0.3) is 0 Å². The zero-order valence-corrected chi connectivity index (χ0v) is 17.7. The van der Waals surface area contributed by atoms with E-state index in [1.165, 1.54) is 0 Å². The van der Waals surface area contributed by atoms with Crippen molar-refractivity contribution in [1.82, 2.24) is 4.90 Å². The number of anilines is 1. The van der Waals surface area contributed by atoms with Gasteiger partial charge < -0.3 is 25.3 Å². The van der Waals surface area contributed by atoms with Crippen molar-refractivity contribution < 1.29 is 14.2 Å². The van der Waals surface area contributed by atoms with E-state index in [0.29, 0.717) is 24.0 Å². The van der Waals surface area contributed by atoms with Gasteiger partial charge in [0.15, 0.2) is 17.5 Å². The minimum atomic E-state index is -0.0618. The standard InChI is InChI=1S/C17H28N4O3.HI/c1-17(2,21-7-9-24-10-8-21)12-19-16(18)20-13-5-6-14(22-3)15(11-13)23-4;/h5-6,11H,7-10,12H2,1-4H3,(H3,18,19,20);1H.